The van der Waals surface area contributed by atoms with Gasteiger partial charge in [-0.05, 0) is 31.9 Å². The molecule has 2 atom stereocenters. The van der Waals surface area contributed by atoms with Gasteiger partial charge in [0.25, 0.3) is 0 Å². The van der Waals surface area contributed by atoms with Crippen LogP contribution >= 0.6 is 0 Å². The predicted octanol–water partition coefficient (Wildman–Crippen LogP) is 1.28. The highest BCUT2D eigenvalue weighted by Crippen LogP contribution is 2.15. The van der Waals surface area contributed by atoms with Crippen LogP contribution in [0.1, 0.15) is 25.3 Å². The number of carboxylic acid groups (broad SMARTS) is 1. The average molecular weight is 290 g/mol. The number of nitrogens with one attached hydrogen (secondary N) is 1. The molecule has 2 rings (SSSR count). The Hall–Kier alpha value is -1.88. The number of benzene rings is 1. The van der Waals surface area contributed by atoms with Gasteiger partial charge < -0.3 is 10.4 Å². The van der Waals surface area contributed by atoms with Crippen molar-refractivity contribution in [1.29, 1.82) is 0 Å². The lowest BCUT2D eigenvalue weighted by atomic mass is 10.1. The van der Waals surface area contributed by atoms with E-state index in [4.69, 9.17) is 0 Å². The van der Waals surface area contributed by atoms with E-state index in [1.54, 1.807) is 0 Å². The first kappa shape index (κ1) is 15.5. The molecule has 114 valence electrons. The molecular weight excluding hydrogens is 268 g/mol. The van der Waals surface area contributed by atoms with E-state index in [-0.39, 0.29) is 12.5 Å². The second kappa shape index (κ2) is 7.22. The van der Waals surface area contributed by atoms with Gasteiger partial charge in [0.1, 0.15) is 6.04 Å². The number of likely N-dealkylation sites (tertiary alicyclic amines) is 1. The van der Waals surface area contributed by atoms with Crippen molar-refractivity contribution in [1.82, 2.24) is 10.2 Å². The number of hydrogen-bond donors (Lipinski definition) is 2. The Kier molecular flexibility index (Phi) is 5.33. The Morgan fingerprint density at radius 3 is 2.67 bits per heavy atom. The fraction of sp³-hybridized carbons (Fsp3) is 0.500. The molecule has 0 saturated carbocycles. The van der Waals surface area contributed by atoms with Crippen molar-refractivity contribution in [2.45, 2.75) is 38.3 Å². The first-order valence-electron chi connectivity index (χ1n) is 7.36. The Bertz CT molecular complexity index is 490. The summed E-state index contributed by atoms with van der Waals surface area (Å²) in [5, 5.41) is 11.9. The molecule has 0 unspecified atom stereocenters. The summed E-state index contributed by atoms with van der Waals surface area (Å²) in [5.41, 5.74) is 0.903. The van der Waals surface area contributed by atoms with E-state index >= 15 is 0 Å². The molecule has 0 radical (unpaired) electrons. The molecule has 5 nitrogen and oxygen atoms in total. The largest absolute Gasteiger partial charge is 0.480 e. The van der Waals surface area contributed by atoms with Crippen LogP contribution in [0.15, 0.2) is 30.3 Å². The molecule has 0 spiro atoms. The normalized spacial score (nSPS) is 20.1. The molecule has 1 amide bonds. The number of aliphatic carboxylic acids is 1. The molecule has 1 aliphatic heterocycles. The number of carboxylic acids is 1. The van der Waals surface area contributed by atoms with Crippen LogP contribution in [0.25, 0.3) is 0 Å². The highest BCUT2D eigenvalue weighted by molar-refractivity contribution is 5.84. The molecule has 0 bridgehead atoms. The SMILES string of the molecule is C[C@@H]1CCCN1CC(=O)N[C@@H](Cc1ccccc1)C(=O)O. The van der Waals surface area contributed by atoms with Gasteiger partial charge in [0.05, 0.1) is 6.54 Å². The van der Waals surface area contributed by atoms with Gasteiger partial charge in [-0.2, -0.15) is 0 Å². The van der Waals surface area contributed by atoms with Crippen LogP contribution in [-0.4, -0.2) is 47.1 Å². The molecule has 1 fully saturated rings. The first-order valence-corrected chi connectivity index (χ1v) is 7.36. The topological polar surface area (TPSA) is 69.6 Å². The van der Waals surface area contributed by atoms with Gasteiger partial charge >= 0.3 is 5.97 Å². The van der Waals surface area contributed by atoms with Crippen LogP contribution in [0.2, 0.25) is 0 Å². The second-order valence-electron chi connectivity index (χ2n) is 5.61. The summed E-state index contributed by atoms with van der Waals surface area (Å²) in [7, 11) is 0. The van der Waals surface area contributed by atoms with Gasteiger partial charge in [0.2, 0.25) is 5.91 Å². The Morgan fingerprint density at radius 1 is 1.38 bits per heavy atom. The van der Waals surface area contributed by atoms with Crippen molar-refractivity contribution in [3.05, 3.63) is 35.9 Å². The summed E-state index contributed by atoms with van der Waals surface area (Å²) >= 11 is 0. The lowest BCUT2D eigenvalue weighted by molar-refractivity contribution is -0.142. The zero-order valence-electron chi connectivity index (χ0n) is 12.3. The standard InChI is InChI=1S/C16H22N2O3/c1-12-6-5-9-18(12)11-15(19)17-14(16(20)21)10-13-7-3-2-4-8-13/h2-4,7-8,12,14H,5-6,9-11H2,1H3,(H,17,19)(H,20,21)/t12-,14+/m1/s1. The third kappa shape index (κ3) is 4.56. The zero-order valence-corrected chi connectivity index (χ0v) is 12.3. The van der Waals surface area contributed by atoms with Crippen molar-refractivity contribution < 1.29 is 14.7 Å². The maximum atomic E-state index is 12.0. The maximum absolute atomic E-state index is 12.0. The zero-order chi connectivity index (χ0) is 15.2. The molecule has 1 saturated heterocycles. The average Bonchev–Trinajstić information content (AvgIpc) is 2.84. The third-order valence-corrected chi connectivity index (χ3v) is 3.95. The minimum atomic E-state index is -0.998. The van der Waals surface area contributed by atoms with Gasteiger partial charge in [-0.25, -0.2) is 4.79 Å². The first-order chi connectivity index (χ1) is 10.1. The molecule has 5 heteroatoms. The maximum Gasteiger partial charge on any atom is 0.326 e. The minimum absolute atomic E-state index is 0.216. The Labute approximate surface area is 125 Å². The van der Waals surface area contributed by atoms with Gasteiger partial charge in [-0.1, -0.05) is 30.3 Å². The molecule has 1 aliphatic rings. The third-order valence-electron chi connectivity index (χ3n) is 3.95. The van der Waals surface area contributed by atoms with Crippen molar-refractivity contribution >= 4 is 11.9 Å². The number of rotatable bonds is 6. The molecule has 1 heterocycles. The van der Waals surface area contributed by atoms with E-state index in [0.717, 1.165) is 24.9 Å². The van der Waals surface area contributed by atoms with Crippen LogP contribution in [0.4, 0.5) is 0 Å². The van der Waals surface area contributed by atoms with Crippen LogP contribution in [-0.2, 0) is 16.0 Å². The van der Waals surface area contributed by atoms with E-state index < -0.39 is 12.0 Å². The lowest BCUT2D eigenvalue weighted by Gasteiger charge is -2.22. The molecule has 2 N–H and O–H groups in total. The highest BCUT2D eigenvalue weighted by Gasteiger charge is 2.25. The van der Waals surface area contributed by atoms with Gasteiger partial charge in [0.15, 0.2) is 0 Å². The molecule has 1 aromatic rings. The number of hydrogen-bond acceptors (Lipinski definition) is 3. The Balaban J connectivity index is 1.90. The Morgan fingerprint density at radius 2 is 2.10 bits per heavy atom. The molecule has 0 aliphatic carbocycles. The van der Waals surface area contributed by atoms with Crippen molar-refractivity contribution in [2.24, 2.45) is 0 Å². The summed E-state index contributed by atoms with van der Waals surface area (Å²) in [5.74, 6) is -1.21. The van der Waals surface area contributed by atoms with Gasteiger partial charge in [0, 0.05) is 12.5 Å². The molecule has 0 aromatic heterocycles. The van der Waals surface area contributed by atoms with Crippen molar-refractivity contribution in [3.8, 4) is 0 Å². The summed E-state index contributed by atoms with van der Waals surface area (Å²) < 4.78 is 0. The smallest absolute Gasteiger partial charge is 0.326 e. The molecular formula is C16H22N2O3. The van der Waals surface area contributed by atoms with Crippen LogP contribution < -0.4 is 5.32 Å². The number of nitrogens with zero attached hydrogens (tertiary/aromatic N) is 1. The van der Waals surface area contributed by atoms with Crippen molar-refractivity contribution in [3.63, 3.8) is 0 Å². The number of carbonyl (C=O) groups excluding carboxylic acids is 1. The quantitative estimate of drug-likeness (QED) is 0.828. The summed E-state index contributed by atoms with van der Waals surface area (Å²) in [6, 6.07) is 8.86. The van der Waals surface area contributed by atoms with Crippen LogP contribution in [0.3, 0.4) is 0 Å². The van der Waals surface area contributed by atoms with E-state index in [1.165, 1.54) is 0 Å². The summed E-state index contributed by atoms with van der Waals surface area (Å²) in [4.78, 5) is 25.4. The number of carbonyl (C=O) groups is 2. The van der Waals surface area contributed by atoms with E-state index in [2.05, 4.69) is 17.1 Å². The van der Waals surface area contributed by atoms with Crippen LogP contribution in [0.5, 0.6) is 0 Å². The van der Waals surface area contributed by atoms with E-state index in [9.17, 15) is 14.7 Å². The predicted molar refractivity (Wildman–Crippen MR) is 80.0 cm³/mol. The van der Waals surface area contributed by atoms with Gasteiger partial charge in [-0.15, -0.1) is 0 Å². The molecule has 1 aromatic carbocycles. The van der Waals surface area contributed by atoms with E-state index in [1.807, 2.05) is 30.3 Å². The number of amides is 1. The second-order valence-corrected chi connectivity index (χ2v) is 5.61. The lowest BCUT2D eigenvalue weighted by Crippen LogP contribution is -2.47. The van der Waals surface area contributed by atoms with E-state index in [0.29, 0.717) is 12.5 Å². The summed E-state index contributed by atoms with van der Waals surface area (Å²) in [6.07, 6.45) is 2.50. The van der Waals surface area contributed by atoms with Crippen molar-refractivity contribution in [2.75, 3.05) is 13.1 Å². The monoisotopic (exact) mass is 290 g/mol. The summed E-state index contributed by atoms with van der Waals surface area (Å²) in [6.45, 7) is 3.28. The minimum Gasteiger partial charge on any atom is -0.480 e. The molecule has 21 heavy (non-hydrogen) atoms. The van der Waals surface area contributed by atoms with Gasteiger partial charge in [-0.3, -0.25) is 9.69 Å². The fourth-order valence-corrected chi connectivity index (χ4v) is 2.70. The van der Waals surface area contributed by atoms with Crippen LogP contribution in [0, 0.1) is 0 Å². The highest BCUT2D eigenvalue weighted by atomic mass is 16.4. The fourth-order valence-electron chi connectivity index (χ4n) is 2.70.